The number of rotatable bonds is 1. The second-order valence-corrected chi connectivity index (χ2v) is 4.61. The molecule has 0 saturated carbocycles. The molecule has 0 saturated heterocycles. The molecule has 1 unspecified atom stereocenters. The molecule has 1 nitrogen and oxygen atoms in total. The van der Waals surface area contributed by atoms with E-state index in [0.717, 1.165) is 0 Å². The zero-order valence-electron chi connectivity index (χ0n) is 9.02. The molecule has 80 valence electrons. The van der Waals surface area contributed by atoms with Crippen LogP contribution in [0.4, 0.5) is 0 Å². The molecule has 0 N–H and O–H groups in total. The summed E-state index contributed by atoms with van der Waals surface area (Å²) in [6.45, 7) is 2.00. The lowest BCUT2D eigenvalue weighted by molar-refractivity contribution is 0.788. The third kappa shape index (κ3) is 1.25. The highest BCUT2D eigenvalue weighted by atomic mass is 35.5. The van der Waals surface area contributed by atoms with Crippen molar-refractivity contribution in [3.05, 3.63) is 48.5 Å². The van der Waals surface area contributed by atoms with Crippen LogP contribution >= 0.6 is 11.6 Å². The minimum absolute atomic E-state index is 0.0372. The lowest BCUT2D eigenvalue weighted by Gasteiger charge is -2.08. The molecule has 0 radical (unpaired) electrons. The van der Waals surface area contributed by atoms with Crippen LogP contribution in [0.3, 0.4) is 0 Å². The Bertz CT molecular complexity index is 599. The summed E-state index contributed by atoms with van der Waals surface area (Å²) in [6.07, 6.45) is 0. The van der Waals surface area contributed by atoms with Gasteiger partial charge in [-0.2, -0.15) is 0 Å². The van der Waals surface area contributed by atoms with E-state index in [0.29, 0.717) is 0 Å². The lowest BCUT2D eigenvalue weighted by atomic mass is 10.2. The maximum atomic E-state index is 6.27. The summed E-state index contributed by atoms with van der Waals surface area (Å²) in [7, 11) is 0. The number of aromatic nitrogens is 1. The number of nitrogens with zero attached hydrogens (tertiary/aromatic N) is 1. The molecule has 1 aromatic heterocycles. The second-order valence-electron chi connectivity index (χ2n) is 3.98. The van der Waals surface area contributed by atoms with Crippen molar-refractivity contribution in [2.24, 2.45) is 0 Å². The van der Waals surface area contributed by atoms with Crippen molar-refractivity contribution < 1.29 is 0 Å². The van der Waals surface area contributed by atoms with Crippen molar-refractivity contribution in [3.63, 3.8) is 0 Å². The van der Waals surface area contributed by atoms with E-state index < -0.39 is 0 Å². The van der Waals surface area contributed by atoms with Gasteiger partial charge in [-0.3, -0.25) is 0 Å². The number of halogens is 1. The number of hydrogen-bond acceptors (Lipinski definition) is 0. The number of alkyl halides is 1. The van der Waals surface area contributed by atoms with E-state index in [-0.39, 0.29) is 5.50 Å². The predicted octanol–water partition coefficient (Wildman–Crippen LogP) is 4.55. The van der Waals surface area contributed by atoms with Gasteiger partial charge in [-0.15, -0.1) is 0 Å². The average Bonchev–Trinajstić information content (AvgIpc) is 2.63. The van der Waals surface area contributed by atoms with Crippen LogP contribution in [0.5, 0.6) is 0 Å². The maximum Gasteiger partial charge on any atom is 0.106 e. The fourth-order valence-corrected chi connectivity index (χ4v) is 2.55. The first kappa shape index (κ1) is 9.73. The first-order valence-corrected chi connectivity index (χ1v) is 5.84. The van der Waals surface area contributed by atoms with Crippen LogP contribution in [0.1, 0.15) is 12.4 Å². The van der Waals surface area contributed by atoms with Crippen LogP contribution in [0.2, 0.25) is 0 Å². The largest absolute Gasteiger partial charge is 0.324 e. The van der Waals surface area contributed by atoms with Gasteiger partial charge in [0, 0.05) is 10.8 Å². The molecule has 3 aromatic rings. The quantitative estimate of drug-likeness (QED) is 0.540. The minimum Gasteiger partial charge on any atom is -0.324 e. The third-order valence-electron chi connectivity index (χ3n) is 2.97. The van der Waals surface area contributed by atoms with Gasteiger partial charge in [0.1, 0.15) is 5.50 Å². The molecule has 0 aliphatic carbocycles. The topological polar surface area (TPSA) is 4.93 Å². The highest BCUT2D eigenvalue weighted by Crippen LogP contribution is 2.32. The Balaban J connectivity index is 2.59. The Labute approximate surface area is 99.2 Å². The molecule has 0 amide bonds. The van der Waals surface area contributed by atoms with Gasteiger partial charge in [0.25, 0.3) is 0 Å². The van der Waals surface area contributed by atoms with Crippen LogP contribution in [0.15, 0.2) is 48.5 Å². The maximum absolute atomic E-state index is 6.27. The Hall–Kier alpha value is -1.47. The highest BCUT2D eigenvalue weighted by molar-refractivity contribution is 6.20. The van der Waals surface area contributed by atoms with Crippen LogP contribution in [-0.4, -0.2) is 4.57 Å². The monoisotopic (exact) mass is 229 g/mol. The summed E-state index contributed by atoms with van der Waals surface area (Å²) >= 11 is 6.27. The van der Waals surface area contributed by atoms with Crippen molar-refractivity contribution in [3.8, 4) is 0 Å². The molecule has 1 heterocycles. The minimum atomic E-state index is -0.0372. The third-order valence-corrected chi connectivity index (χ3v) is 3.17. The number of fused-ring (bicyclic) bond motifs is 3. The smallest absolute Gasteiger partial charge is 0.106 e. The Morgan fingerprint density at radius 2 is 1.31 bits per heavy atom. The van der Waals surface area contributed by atoms with Crippen molar-refractivity contribution >= 4 is 33.4 Å². The van der Waals surface area contributed by atoms with E-state index in [2.05, 4.69) is 53.1 Å². The summed E-state index contributed by atoms with van der Waals surface area (Å²) in [5.41, 5.74) is 2.36. The number of hydrogen-bond donors (Lipinski definition) is 0. The molecule has 2 aromatic carbocycles. The van der Waals surface area contributed by atoms with Gasteiger partial charge in [-0.25, -0.2) is 0 Å². The van der Waals surface area contributed by atoms with Gasteiger partial charge in [0.2, 0.25) is 0 Å². The van der Waals surface area contributed by atoms with Crippen LogP contribution in [0.25, 0.3) is 21.8 Å². The van der Waals surface area contributed by atoms with E-state index in [9.17, 15) is 0 Å². The Morgan fingerprint density at radius 1 is 0.875 bits per heavy atom. The van der Waals surface area contributed by atoms with E-state index in [4.69, 9.17) is 11.6 Å². The molecule has 16 heavy (non-hydrogen) atoms. The first-order chi connectivity index (χ1) is 7.79. The van der Waals surface area contributed by atoms with Gasteiger partial charge in [0.05, 0.1) is 11.0 Å². The molecule has 0 fully saturated rings. The average molecular weight is 230 g/mol. The van der Waals surface area contributed by atoms with Gasteiger partial charge in [0.15, 0.2) is 0 Å². The summed E-state index contributed by atoms with van der Waals surface area (Å²) in [5.74, 6) is 0. The van der Waals surface area contributed by atoms with Gasteiger partial charge in [-0.1, -0.05) is 48.0 Å². The highest BCUT2D eigenvalue weighted by Gasteiger charge is 2.11. The molecule has 1 atom stereocenters. The van der Waals surface area contributed by atoms with Crippen molar-refractivity contribution in [1.29, 1.82) is 0 Å². The summed E-state index contributed by atoms with van der Waals surface area (Å²) in [5, 5.41) is 2.54. The first-order valence-electron chi connectivity index (χ1n) is 5.41. The van der Waals surface area contributed by atoms with Crippen LogP contribution < -0.4 is 0 Å². The molecule has 0 spiro atoms. The van der Waals surface area contributed by atoms with Gasteiger partial charge < -0.3 is 4.57 Å². The zero-order valence-corrected chi connectivity index (χ0v) is 9.78. The van der Waals surface area contributed by atoms with Crippen molar-refractivity contribution in [2.45, 2.75) is 12.4 Å². The van der Waals surface area contributed by atoms with E-state index in [1.54, 1.807) is 0 Å². The fraction of sp³-hybridized carbons (Fsp3) is 0.143. The standard InChI is InChI=1S/C14H12ClN/c1-10(15)16-13-8-4-2-6-11(13)12-7-3-5-9-14(12)16/h2-10H,1H3. The van der Waals surface area contributed by atoms with Gasteiger partial charge in [-0.05, 0) is 19.1 Å². The molecule has 2 heteroatoms. The zero-order chi connectivity index (χ0) is 11.1. The van der Waals surface area contributed by atoms with E-state index in [1.807, 2.05) is 6.92 Å². The van der Waals surface area contributed by atoms with Gasteiger partial charge >= 0.3 is 0 Å². The SMILES string of the molecule is CC(Cl)n1c2ccccc2c2ccccc21. The fourth-order valence-electron chi connectivity index (χ4n) is 2.34. The van der Waals surface area contributed by atoms with Crippen LogP contribution in [0, 0.1) is 0 Å². The van der Waals surface area contributed by atoms with E-state index in [1.165, 1.54) is 21.8 Å². The molecule has 0 aliphatic heterocycles. The molecule has 3 rings (SSSR count). The molecule has 0 aliphatic rings. The van der Waals surface area contributed by atoms with Crippen molar-refractivity contribution in [1.82, 2.24) is 4.57 Å². The molecular formula is C14H12ClN. The normalized spacial score (nSPS) is 13.4. The number of benzene rings is 2. The molecular weight excluding hydrogens is 218 g/mol. The second kappa shape index (κ2) is 3.53. The predicted molar refractivity (Wildman–Crippen MR) is 70.0 cm³/mol. The summed E-state index contributed by atoms with van der Waals surface area (Å²) < 4.78 is 2.17. The van der Waals surface area contributed by atoms with E-state index >= 15 is 0 Å². The Kier molecular flexibility index (Phi) is 2.15. The van der Waals surface area contributed by atoms with Crippen molar-refractivity contribution in [2.75, 3.05) is 0 Å². The van der Waals surface area contributed by atoms with Crippen LogP contribution in [-0.2, 0) is 0 Å². The number of para-hydroxylation sites is 2. The summed E-state index contributed by atoms with van der Waals surface area (Å²) in [6, 6.07) is 16.8. The lowest BCUT2D eigenvalue weighted by Crippen LogP contribution is -1.96. The summed E-state index contributed by atoms with van der Waals surface area (Å²) in [4.78, 5) is 0. The molecule has 0 bridgehead atoms. The Morgan fingerprint density at radius 3 is 1.75 bits per heavy atom.